The average Bonchev–Trinajstić information content (AvgIpc) is 2.28. The Morgan fingerprint density at radius 1 is 1.50 bits per heavy atom. The summed E-state index contributed by atoms with van der Waals surface area (Å²) in [5.41, 5.74) is 0.0852. The van der Waals surface area contributed by atoms with Crippen molar-refractivity contribution in [1.29, 1.82) is 0 Å². The minimum absolute atomic E-state index is 0.00663. The van der Waals surface area contributed by atoms with E-state index in [1.54, 1.807) is 0 Å². The molecular formula is C11H9ClF2O4. The van der Waals surface area contributed by atoms with Crippen LogP contribution in [-0.2, 0) is 4.79 Å². The van der Waals surface area contributed by atoms with E-state index in [4.69, 9.17) is 21.4 Å². The van der Waals surface area contributed by atoms with Crippen molar-refractivity contribution in [3.63, 3.8) is 0 Å². The van der Waals surface area contributed by atoms with Gasteiger partial charge < -0.3 is 14.6 Å². The van der Waals surface area contributed by atoms with E-state index >= 15 is 0 Å². The van der Waals surface area contributed by atoms with E-state index in [0.29, 0.717) is 0 Å². The Kier molecular flexibility index (Phi) is 4.91. The molecule has 1 aromatic carbocycles. The van der Waals surface area contributed by atoms with Crippen molar-refractivity contribution in [2.24, 2.45) is 0 Å². The van der Waals surface area contributed by atoms with Crippen LogP contribution in [-0.4, -0.2) is 24.8 Å². The van der Waals surface area contributed by atoms with Crippen LogP contribution in [0.4, 0.5) is 8.78 Å². The lowest BCUT2D eigenvalue weighted by atomic mass is 10.1. The molecule has 0 aliphatic carbocycles. The first-order valence-corrected chi connectivity index (χ1v) is 5.05. The van der Waals surface area contributed by atoms with Gasteiger partial charge in [0.15, 0.2) is 11.5 Å². The highest BCUT2D eigenvalue weighted by molar-refractivity contribution is 6.31. The second kappa shape index (κ2) is 6.20. The first-order valence-electron chi connectivity index (χ1n) is 4.67. The summed E-state index contributed by atoms with van der Waals surface area (Å²) in [5.74, 6) is -1.50. The summed E-state index contributed by atoms with van der Waals surface area (Å²) in [5, 5.41) is 8.71. The van der Waals surface area contributed by atoms with Crippen LogP contribution in [0.1, 0.15) is 5.56 Å². The van der Waals surface area contributed by atoms with Crippen LogP contribution < -0.4 is 9.47 Å². The number of ether oxygens (including phenoxy) is 2. The number of hydrogen-bond acceptors (Lipinski definition) is 3. The van der Waals surface area contributed by atoms with Crippen molar-refractivity contribution < 1.29 is 28.2 Å². The molecule has 0 atom stereocenters. The van der Waals surface area contributed by atoms with Gasteiger partial charge >= 0.3 is 12.6 Å². The molecule has 0 heterocycles. The van der Waals surface area contributed by atoms with E-state index in [2.05, 4.69) is 4.74 Å². The summed E-state index contributed by atoms with van der Waals surface area (Å²) in [6, 6.07) is 2.58. The predicted molar refractivity (Wildman–Crippen MR) is 61.3 cm³/mol. The van der Waals surface area contributed by atoms with Gasteiger partial charge in [-0.15, -0.1) is 0 Å². The fourth-order valence-corrected chi connectivity index (χ4v) is 1.46. The maximum atomic E-state index is 12.3. The molecule has 98 valence electrons. The highest BCUT2D eigenvalue weighted by Gasteiger charge is 2.15. The van der Waals surface area contributed by atoms with Crippen LogP contribution in [0.3, 0.4) is 0 Å². The van der Waals surface area contributed by atoms with Gasteiger partial charge in [0.05, 0.1) is 7.11 Å². The van der Waals surface area contributed by atoms with Gasteiger partial charge in [0, 0.05) is 22.7 Å². The molecule has 0 unspecified atom stereocenters. The van der Waals surface area contributed by atoms with Crippen LogP contribution in [0.5, 0.6) is 11.5 Å². The van der Waals surface area contributed by atoms with Crippen molar-refractivity contribution in [3.8, 4) is 11.5 Å². The third-order valence-corrected chi connectivity index (χ3v) is 2.10. The fraction of sp³-hybridized carbons (Fsp3) is 0.182. The number of methoxy groups -OCH3 is 1. The Hall–Kier alpha value is -1.82. The Morgan fingerprint density at radius 3 is 2.67 bits per heavy atom. The number of halogens is 3. The Labute approximate surface area is 106 Å². The maximum Gasteiger partial charge on any atom is 0.387 e. The summed E-state index contributed by atoms with van der Waals surface area (Å²) in [6.45, 7) is -3.06. The van der Waals surface area contributed by atoms with E-state index in [0.717, 1.165) is 12.2 Å². The lowest BCUT2D eigenvalue weighted by Gasteiger charge is -2.13. The molecule has 0 amide bonds. The number of alkyl halides is 2. The molecule has 1 aromatic rings. The normalized spacial score (nSPS) is 10.9. The standard InChI is InChI=1S/C11H9ClF2O4/c1-17-8-5-7(12)4-6(2-3-9(15)16)10(8)18-11(13)14/h2-5,11H,1H3,(H,15,16)/b3-2+. The predicted octanol–water partition coefficient (Wildman–Crippen LogP) is 3.05. The zero-order chi connectivity index (χ0) is 13.7. The van der Waals surface area contributed by atoms with Crippen LogP contribution in [0.15, 0.2) is 18.2 Å². The molecule has 0 saturated carbocycles. The molecule has 0 aliphatic heterocycles. The van der Waals surface area contributed by atoms with E-state index in [1.807, 2.05) is 0 Å². The minimum Gasteiger partial charge on any atom is -0.493 e. The zero-order valence-electron chi connectivity index (χ0n) is 9.19. The molecule has 4 nitrogen and oxygen atoms in total. The molecule has 0 radical (unpaired) electrons. The van der Waals surface area contributed by atoms with E-state index in [-0.39, 0.29) is 22.1 Å². The third-order valence-electron chi connectivity index (χ3n) is 1.88. The summed E-state index contributed by atoms with van der Waals surface area (Å²) in [7, 11) is 1.26. The molecule has 0 fully saturated rings. The number of carboxylic acid groups (broad SMARTS) is 1. The van der Waals surface area contributed by atoms with Gasteiger partial charge in [-0.2, -0.15) is 8.78 Å². The lowest BCUT2D eigenvalue weighted by Crippen LogP contribution is -2.05. The number of hydrogen-bond donors (Lipinski definition) is 1. The van der Waals surface area contributed by atoms with Gasteiger partial charge in [0.1, 0.15) is 0 Å². The van der Waals surface area contributed by atoms with Crippen molar-refractivity contribution in [3.05, 3.63) is 28.8 Å². The SMILES string of the molecule is COc1cc(Cl)cc(/C=C/C(=O)O)c1OC(F)F. The molecule has 0 aliphatic rings. The second-order valence-electron chi connectivity index (χ2n) is 3.08. The summed E-state index contributed by atoms with van der Waals surface area (Å²) >= 11 is 5.75. The van der Waals surface area contributed by atoms with Gasteiger partial charge in [-0.25, -0.2) is 4.79 Å². The number of aliphatic carboxylic acids is 1. The van der Waals surface area contributed by atoms with Crippen molar-refractivity contribution in [1.82, 2.24) is 0 Å². The van der Waals surface area contributed by atoms with Crippen LogP contribution in [0.25, 0.3) is 6.08 Å². The monoisotopic (exact) mass is 278 g/mol. The first kappa shape index (κ1) is 14.2. The molecule has 0 aromatic heterocycles. The highest BCUT2D eigenvalue weighted by Crippen LogP contribution is 2.36. The lowest BCUT2D eigenvalue weighted by molar-refractivity contribution is -0.131. The molecule has 7 heteroatoms. The largest absolute Gasteiger partial charge is 0.493 e. The van der Waals surface area contributed by atoms with E-state index in [9.17, 15) is 13.6 Å². The highest BCUT2D eigenvalue weighted by atomic mass is 35.5. The fourth-order valence-electron chi connectivity index (χ4n) is 1.24. The van der Waals surface area contributed by atoms with Gasteiger partial charge in [-0.1, -0.05) is 11.6 Å². The van der Waals surface area contributed by atoms with Crippen molar-refractivity contribution in [2.75, 3.05) is 7.11 Å². The third kappa shape index (κ3) is 3.89. The minimum atomic E-state index is -3.06. The van der Waals surface area contributed by atoms with Crippen molar-refractivity contribution in [2.45, 2.75) is 6.61 Å². The first-order chi connectivity index (χ1) is 8.43. The Bertz CT molecular complexity index is 474. The van der Waals surface area contributed by atoms with Gasteiger partial charge in [-0.05, 0) is 12.1 Å². The smallest absolute Gasteiger partial charge is 0.387 e. The number of benzene rings is 1. The Balaban J connectivity index is 3.27. The topological polar surface area (TPSA) is 55.8 Å². The van der Waals surface area contributed by atoms with Crippen molar-refractivity contribution >= 4 is 23.6 Å². The molecule has 1 N–H and O–H groups in total. The molecule has 0 bridgehead atoms. The molecule has 18 heavy (non-hydrogen) atoms. The Morgan fingerprint density at radius 2 is 2.17 bits per heavy atom. The van der Waals surface area contributed by atoms with Gasteiger partial charge in [0.25, 0.3) is 0 Å². The van der Waals surface area contributed by atoms with Gasteiger partial charge in [0.2, 0.25) is 0 Å². The quantitative estimate of drug-likeness (QED) is 0.841. The molecular weight excluding hydrogens is 270 g/mol. The van der Waals surface area contributed by atoms with Crippen LogP contribution in [0, 0.1) is 0 Å². The second-order valence-corrected chi connectivity index (χ2v) is 3.51. The number of carboxylic acids is 1. The van der Waals surface area contributed by atoms with Crippen LogP contribution >= 0.6 is 11.6 Å². The van der Waals surface area contributed by atoms with Gasteiger partial charge in [-0.3, -0.25) is 0 Å². The van der Waals surface area contributed by atoms with E-state index in [1.165, 1.54) is 19.2 Å². The number of rotatable bonds is 5. The summed E-state index contributed by atoms with van der Waals surface area (Å²) in [6.07, 6.45) is 1.87. The molecule has 0 spiro atoms. The summed E-state index contributed by atoms with van der Waals surface area (Å²) < 4.78 is 33.7. The molecule has 1 rings (SSSR count). The average molecular weight is 279 g/mol. The maximum absolute atomic E-state index is 12.3. The number of carbonyl (C=O) groups is 1. The summed E-state index contributed by atoms with van der Waals surface area (Å²) in [4.78, 5) is 10.4. The zero-order valence-corrected chi connectivity index (χ0v) is 9.95. The molecule has 0 saturated heterocycles. The van der Waals surface area contributed by atoms with Crippen LogP contribution in [0.2, 0.25) is 5.02 Å². The van der Waals surface area contributed by atoms with E-state index < -0.39 is 12.6 Å².